The molecule has 1 fully saturated rings. The second kappa shape index (κ2) is 9.38. The fraction of sp³-hybridized carbons (Fsp3) is 0.522. The van der Waals surface area contributed by atoms with Crippen LogP contribution in [-0.4, -0.2) is 47.9 Å². The smallest absolute Gasteiger partial charge is 0.296 e. The van der Waals surface area contributed by atoms with Crippen molar-refractivity contribution in [3.8, 4) is 5.75 Å². The van der Waals surface area contributed by atoms with Gasteiger partial charge in [-0.3, -0.25) is 18.5 Å². The molecule has 0 radical (unpaired) electrons. The number of amides is 1. The van der Waals surface area contributed by atoms with Crippen LogP contribution in [0.2, 0.25) is 0 Å². The molecule has 1 aromatic carbocycles. The molecule has 2 N–H and O–H groups in total. The number of anilines is 1. The largest absolute Gasteiger partial charge is 0.501 e. The Labute approximate surface area is 198 Å². The molecular formula is C23H30N4O6S. The number of rotatable bonds is 6. The number of ether oxygens (including phenoxy) is 1. The lowest BCUT2D eigenvalue weighted by Crippen LogP contribution is -2.45. The average molecular weight is 491 g/mol. The van der Waals surface area contributed by atoms with Gasteiger partial charge in [0.25, 0.3) is 11.5 Å². The van der Waals surface area contributed by atoms with Crippen molar-refractivity contribution in [3.63, 3.8) is 0 Å². The molecule has 4 rings (SSSR count). The predicted molar refractivity (Wildman–Crippen MR) is 126 cm³/mol. The molecule has 0 atom stereocenters. The molecule has 34 heavy (non-hydrogen) atoms. The lowest BCUT2D eigenvalue weighted by Gasteiger charge is -2.37. The van der Waals surface area contributed by atoms with E-state index in [1.165, 1.54) is 8.87 Å². The Bertz CT molecular complexity index is 1250. The second-order valence-corrected chi connectivity index (χ2v) is 10.6. The number of para-hydroxylation sites is 1. The van der Waals surface area contributed by atoms with Gasteiger partial charge in [-0.05, 0) is 37.3 Å². The highest BCUT2D eigenvalue weighted by Crippen LogP contribution is 2.35. The fourth-order valence-corrected chi connectivity index (χ4v) is 6.32. The SMILES string of the molecule is CCC1(CC)OCCn2c1nc(C(=O)NCc1ccccc1N1CCCCS1(=O)=O)c(O)c2=O. The number of hydrogen-bond acceptors (Lipinski definition) is 7. The predicted octanol–water partition coefficient (Wildman–Crippen LogP) is 1.85. The van der Waals surface area contributed by atoms with Crippen molar-refractivity contribution in [2.24, 2.45) is 0 Å². The Morgan fingerprint density at radius 1 is 1.21 bits per heavy atom. The quantitative estimate of drug-likeness (QED) is 0.632. The molecule has 0 unspecified atom stereocenters. The first-order chi connectivity index (χ1) is 16.2. The average Bonchev–Trinajstić information content (AvgIpc) is 2.84. The van der Waals surface area contributed by atoms with Crippen LogP contribution < -0.4 is 15.2 Å². The van der Waals surface area contributed by atoms with E-state index in [2.05, 4.69) is 10.3 Å². The zero-order chi connectivity index (χ0) is 24.5. The van der Waals surface area contributed by atoms with E-state index in [4.69, 9.17) is 4.74 Å². The van der Waals surface area contributed by atoms with E-state index in [-0.39, 0.29) is 24.5 Å². The summed E-state index contributed by atoms with van der Waals surface area (Å²) in [5.41, 5.74) is -0.736. The van der Waals surface area contributed by atoms with Crippen LogP contribution in [-0.2, 0) is 33.5 Å². The molecule has 3 heterocycles. The first-order valence-electron chi connectivity index (χ1n) is 11.6. The number of sulfonamides is 1. The summed E-state index contributed by atoms with van der Waals surface area (Å²) in [6.45, 7) is 4.79. The Balaban J connectivity index is 1.63. The molecule has 0 bridgehead atoms. The lowest BCUT2D eigenvalue weighted by molar-refractivity contribution is -0.0890. The van der Waals surface area contributed by atoms with Crippen molar-refractivity contribution in [1.82, 2.24) is 14.9 Å². The molecule has 1 aromatic heterocycles. The summed E-state index contributed by atoms with van der Waals surface area (Å²) in [6.07, 6.45) is 2.49. The summed E-state index contributed by atoms with van der Waals surface area (Å²) in [6, 6.07) is 6.95. The number of benzene rings is 1. The van der Waals surface area contributed by atoms with Crippen LogP contribution in [0, 0.1) is 0 Å². The number of carbonyl (C=O) groups excluding carboxylic acids is 1. The van der Waals surface area contributed by atoms with E-state index in [0.29, 0.717) is 49.5 Å². The van der Waals surface area contributed by atoms with Gasteiger partial charge in [-0.25, -0.2) is 13.4 Å². The van der Waals surface area contributed by atoms with Crippen LogP contribution in [0.15, 0.2) is 29.1 Å². The second-order valence-electron chi connectivity index (χ2n) is 8.55. The standard InChI is InChI=1S/C23H30N4O6S/c1-3-23(4-2)22-25-18(19(28)21(30)26(22)12-13-33-23)20(29)24-15-16-9-5-6-10-17(16)27-11-7-8-14-34(27,31)32/h5-6,9-10,28H,3-4,7-8,11-15H2,1-2H3,(H,24,29). The third kappa shape index (κ3) is 4.18. The fourth-order valence-electron chi connectivity index (χ4n) is 4.65. The van der Waals surface area contributed by atoms with E-state index >= 15 is 0 Å². The van der Waals surface area contributed by atoms with Crippen molar-refractivity contribution in [2.45, 2.75) is 58.2 Å². The van der Waals surface area contributed by atoms with Crippen molar-refractivity contribution in [3.05, 3.63) is 51.7 Å². The number of fused-ring (bicyclic) bond motifs is 1. The molecule has 0 saturated carbocycles. The maximum absolute atomic E-state index is 13.0. The zero-order valence-corrected chi connectivity index (χ0v) is 20.2. The number of nitrogens with zero attached hydrogens (tertiary/aromatic N) is 3. The Kier molecular flexibility index (Phi) is 6.68. The minimum absolute atomic E-state index is 0.00373. The van der Waals surface area contributed by atoms with Gasteiger partial charge >= 0.3 is 0 Å². The Morgan fingerprint density at radius 2 is 1.94 bits per heavy atom. The number of aromatic hydroxyl groups is 1. The van der Waals surface area contributed by atoms with Gasteiger partial charge in [-0.2, -0.15) is 0 Å². The normalized spacial score (nSPS) is 18.8. The summed E-state index contributed by atoms with van der Waals surface area (Å²) < 4.78 is 33.9. The van der Waals surface area contributed by atoms with Gasteiger partial charge in [-0.15, -0.1) is 0 Å². The van der Waals surface area contributed by atoms with Gasteiger partial charge in [0.15, 0.2) is 5.69 Å². The lowest BCUT2D eigenvalue weighted by atomic mass is 9.94. The highest BCUT2D eigenvalue weighted by atomic mass is 32.2. The minimum Gasteiger partial charge on any atom is -0.501 e. The molecule has 10 nitrogen and oxygen atoms in total. The van der Waals surface area contributed by atoms with Crippen LogP contribution in [0.25, 0.3) is 0 Å². The van der Waals surface area contributed by atoms with E-state index in [1.54, 1.807) is 24.3 Å². The number of carbonyl (C=O) groups is 1. The van der Waals surface area contributed by atoms with Gasteiger partial charge in [0, 0.05) is 13.1 Å². The van der Waals surface area contributed by atoms with Crippen molar-refractivity contribution >= 4 is 21.6 Å². The van der Waals surface area contributed by atoms with Crippen LogP contribution in [0.1, 0.15) is 61.4 Å². The summed E-state index contributed by atoms with van der Waals surface area (Å²) in [4.78, 5) is 30.2. The molecular weight excluding hydrogens is 460 g/mol. The van der Waals surface area contributed by atoms with Gasteiger partial charge in [0.2, 0.25) is 15.8 Å². The third-order valence-corrected chi connectivity index (χ3v) is 8.51. The number of hydrogen-bond donors (Lipinski definition) is 2. The Hall–Kier alpha value is -2.92. The van der Waals surface area contributed by atoms with E-state index in [9.17, 15) is 23.1 Å². The maximum atomic E-state index is 13.0. The molecule has 2 aromatic rings. The van der Waals surface area contributed by atoms with Crippen molar-refractivity contribution < 1.29 is 23.1 Å². The molecule has 0 aliphatic carbocycles. The molecule has 2 aliphatic heterocycles. The van der Waals surface area contributed by atoms with E-state index in [1.807, 2.05) is 13.8 Å². The topological polar surface area (TPSA) is 131 Å². The molecule has 2 aliphatic rings. The van der Waals surface area contributed by atoms with Gasteiger partial charge in [-0.1, -0.05) is 32.0 Å². The maximum Gasteiger partial charge on any atom is 0.296 e. The molecule has 11 heteroatoms. The highest BCUT2D eigenvalue weighted by Gasteiger charge is 2.39. The zero-order valence-electron chi connectivity index (χ0n) is 19.4. The van der Waals surface area contributed by atoms with Gasteiger partial charge in [0.1, 0.15) is 11.4 Å². The summed E-state index contributed by atoms with van der Waals surface area (Å²) in [5, 5.41) is 13.2. The van der Waals surface area contributed by atoms with Crippen LogP contribution in [0.5, 0.6) is 5.75 Å². The van der Waals surface area contributed by atoms with Gasteiger partial charge in [0.05, 0.1) is 24.6 Å². The molecule has 0 spiro atoms. The van der Waals surface area contributed by atoms with Gasteiger partial charge < -0.3 is 15.2 Å². The Morgan fingerprint density at radius 3 is 2.65 bits per heavy atom. The van der Waals surface area contributed by atoms with Crippen molar-refractivity contribution in [1.29, 1.82) is 0 Å². The first-order valence-corrected chi connectivity index (χ1v) is 13.2. The summed E-state index contributed by atoms with van der Waals surface area (Å²) >= 11 is 0. The van der Waals surface area contributed by atoms with Crippen LogP contribution in [0.3, 0.4) is 0 Å². The first kappa shape index (κ1) is 24.2. The third-order valence-electron chi connectivity index (χ3n) is 6.65. The number of aromatic nitrogens is 2. The van der Waals surface area contributed by atoms with Crippen molar-refractivity contribution in [2.75, 3.05) is 23.2 Å². The molecule has 1 amide bonds. The summed E-state index contributed by atoms with van der Waals surface area (Å²) in [7, 11) is -3.42. The minimum atomic E-state index is -3.42. The van der Waals surface area contributed by atoms with Crippen LogP contribution in [0.4, 0.5) is 5.69 Å². The van der Waals surface area contributed by atoms with E-state index in [0.717, 1.165) is 6.42 Å². The monoisotopic (exact) mass is 490 g/mol. The summed E-state index contributed by atoms with van der Waals surface area (Å²) in [5.74, 6) is -1.02. The number of nitrogens with one attached hydrogen (secondary N) is 1. The molecule has 184 valence electrons. The highest BCUT2D eigenvalue weighted by molar-refractivity contribution is 7.92. The molecule has 1 saturated heterocycles. The van der Waals surface area contributed by atoms with Crippen LogP contribution >= 0.6 is 0 Å². The van der Waals surface area contributed by atoms with E-state index < -0.39 is 32.8 Å².